The molecular weight excluding hydrogens is 942 g/mol. The van der Waals surface area contributed by atoms with Gasteiger partial charge in [-0.2, -0.15) is 0 Å². The van der Waals surface area contributed by atoms with Crippen LogP contribution in [-0.2, 0) is 32.7 Å². The number of nitrogens with zero attached hydrogens (tertiary/aromatic N) is 1. The van der Waals surface area contributed by atoms with Gasteiger partial charge in [-0.1, -0.05) is 289 Å². The lowest BCUT2D eigenvalue weighted by atomic mass is 10.0. The maximum atomic E-state index is 12.8. The number of quaternary nitrogens is 1. The molecule has 0 aromatic heterocycles. The first-order valence-corrected chi connectivity index (χ1v) is 33.6. The van der Waals surface area contributed by atoms with E-state index in [0.29, 0.717) is 17.4 Å². The van der Waals surface area contributed by atoms with E-state index in [1.807, 2.05) is 21.1 Å². The molecule has 9 nitrogen and oxygen atoms in total. The van der Waals surface area contributed by atoms with Gasteiger partial charge in [-0.05, 0) is 44.9 Å². The molecular formula is C64H125NO8P+. The van der Waals surface area contributed by atoms with Crippen LogP contribution in [0.15, 0.2) is 24.3 Å². The SMILES string of the molecule is CCCCCCC/C=C\C/C=C\CCCCCCCCCCCCCCCCCCCCCCCCCCCCCCCC(=O)OC(COC(=O)CCCCCCCCCCC)COP(=O)(O)OCC[N+](C)(C)C. The maximum Gasteiger partial charge on any atom is 0.472 e. The number of rotatable bonds is 60. The Morgan fingerprint density at radius 3 is 1.07 bits per heavy atom. The summed E-state index contributed by atoms with van der Waals surface area (Å²) < 4.78 is 34.4. The summed E-state index contributed by atoms with van der Waals surface area (Å²) in [6.45, 7) is 4.44. The number of hydrogen-bond donors (Lipinski definition) is 1. The van der Waals surface area contributed by atoms with Gasteiger partial charge in [0.15, 0.2) is 6.10 Å². The summed E-state index contributed by atoms with van der Waals surface area (Å²) in [5, 5.41) is 0. The van der Waals surface area contributed by atoms with Crippen LogP contribution in [-0.4, -0.2) is 74.9 Å². The Kier molecular flexibility index (Phi) is 55.1. The molecule has 0 aliphatic heterocycles. The third-order valence-electron chi connectivity index (χ3n) is 14.5. The molecule has 0 heterocycles. The highest BCUT2D eigenvalue weighted by Gasteiger charge is 2.27. The molecule has 0 saturated heterocycles. The van der Waals surface area contributed by atoms with E-state index in [9.17, 15) is 19.0 Å². The summed E-state index contributed by atoms with van der Waals surface area (Å²) in [5.74, 6) is -0.784. The monoisotopic (exact) mass is 1070 g/mol. The van der Waals surface area contributed by atoms with Crippen LogP contribution in [0.1, 0.15) is 322 Å². The van der Waals surface area contributed by atoms with Crippen molar-refractivity contribution in [2.75, 3.05) is 47.5 Å². The summed E-state index contributed by atoms with van der Waals surface area (Å²) in [6, 6.07) is 0. The molecule has 1 N–H and O–H groups in total. The number of ether oxygens (including phenoxy) is 2. The largest absolute Gasteiger partial charge is 0.472 e. The summed E-state index contributed by atoms with van der Waals surface area (Å²) in [4.78, 5) is 35.5. The van der Waals surface area contributed by atoms with E-state index >= 15 is 0 Å². The van der Waals surface area contributed by atoms with Crippen molar-refractivity contribution >= 4 is 19.8 Å². The van der Waals surface area contributed by atoms with E-state index in [1.165, 1.54) is 250 Å². The van der Waals surface area contributed by atoms with Crippen molar-refractivity contribution in [3.63, 3.8) is 0 Å². The molecule has 2 atom stereocenters. The topological polar surface area (TPSA) is 108 Å². The molecule has 10 heteroatoms. The quantitative estimate of drug-likeness (QED) is 0.0211. The number of hydrogen-bond acceptors (Lipinski definition) is 7. The molecule has 0 fully saturated rings. The molecule has 0 aliphatic rings. The van der Waals surface area contributed by atoms with Gasteiger partial charge >= 0.3 is 19.8 Å². The van der Waals surface area contributed by atoms with Crippen LogP contribution in [0.3, 0.4) is 0 Å². The highest BCUT2D eigenvalue weighted by molar-refractivity contribution is 7.47. The van der Waals surface area contributed by atoms with E-state index in [4.69, 9.17) is 18.5 Å². The molecule has 0 rings (SSSR count). The minimum absolute atomic E-state index is 0.0358. The van der Waals surface area contributed by atoms with Crippen molar-refractivity contribution in [3.05, 3.63) is 24.3 Å². The first-order valence-electron chi connectivity index (χ1n) is 32.1. The Hall–Kier alpha value is -1.51. The van der Waals surface area contributed by atoms with Crippen LogP contribution >= 0.6 is 7.82 Å². The number of esters is 2. The average Bonchev–Trinajstić information content (AvgIpc) is 3.36. The molecule has 0 saturated carbocycles. The predicted molar refractivity (Wildman–Crippen MR) is 317 cm³/mol. The molecule has 0 aromatic carbocycles. The molecule has 74 heavy (non-hydrogen) atoms. The lowest BCUT2D eigenvalue weighted by Crippen LogP contribution is -2.37. The second kappa shape index (κ2) is 56.2. The van der Waals surface area contributed by atoms with Gasteiger partial charge in [-0.25, -0.2) is 4.57 Å². The van der Waals surface area contributed by atoms with E-state index < -0.39 is 26.5 Å². The Balaban J connectivity index is 3.75. The molecule has 2 unspecified atom stereocenters. The highest BCUT2D eigenvalue weighted by atomic mass is 31.2. The number of phosphoric ester groups is 1. The first-order chi connectivity index (χ1) is 36.0. The Morgan fingerprint density at radius 2 is 0.730 bits per heavy atom. The number of phosphoric acid groups is 1. The minimum atomic E-state index is -4.37. The fourth-order valence-corrected chi connectivity index (χ4v) is 10.3. The Morgan fingerprint density at radius 1 is 0.419 bits per heavy atom. The minimum Gasteiger partial charge on any atom is -0.462 e. The van der Waals surface area contributed by atoms with Crippen LogP contribution in [0.4, 0.5) is 0 Å². The van der Waals surface area contributed by atoms with E-state index in [0.717, 1.165) is 44.9 Å². The normalized spacial score (nSPS) is 13.3. The van der Waals surface area contributed by atoms with Gasteiger partial charge in [0.05, 0.1) is 27.7 Å². The van der Waals surface area contributed by atoms with Gasteiger partial charge in [-0.3, -0.25) is 18.6 Å². The lowest BCUT2D eigenvalue weighted by Gasteiger charge is -2.24. The lowest BCUT2D eigenvalue weighted by molar-refractivity contribution is -0.870. The van der Waals surface area contributed by atoms with Gasteiger partial charge in [-0.15, -0.1) is 0 Å². The van der Waals surface area contributed by atoms with Crippen molar-refractivity contribution in [2.45, 2.75) is 328 Å². The third-order valence-corrected chi connectivity index (χ3v) is 15.5. The predicted octanol–water partition coefficient (Wildman–Crippen LogP) is 20.2. The van der Waals surface area contributed by atoms with Crippen molar-refractivity contribution < 1.29 is 42.1 Å². The van der Waals surface area contributed by atoms with E-state index in [-0.39, 0.29) is 25.6 Å². The van der Waals surface area contributed by atoms with Crippen molar-refractivity contribution in [3.8, 4) is 0 Å². The summed E-state index contributed by atoms with van der Waals surface area (Å²) in [7, 11) is 1.50. The number of carbonyl (C=O) groups excluding carboxylic acids is 2. The Labute approximate surface area is 459 Å². The highest BCUT2D eigenvalue weighted by Crippen LogP contribution is 2.43. The zero-order chi connectivity index (χ0) is 54.2. The zero-order valence-electron chi connectivity index (χ0n) is 49.9. The van der Waals surface area contributed by atoms with Crippen LogP contribution in [0.5, 0.6) is 0 Å². The van der Waals surface area contributed by atoms with Crippen molar-refractivity contribution in [2.24, 2.45) is 0 Å². The molecule has 0 aliphatic carbocycles. The fraction of sp³-hybridized carbons (Fsp3) is 0.906. The molecule has 0 amide bonds. The maximum absolute atomic E-state index is 12.8. The molecule has 0 bridgehead atoms. The van der Waals surface area contributed by atoms with Gasteiger partial charge in [0, 0.05) is 12.8 Å². The number of carbonyl (C=O) groups is 2. The molecule has 0 radical (unpaired) electrons. The summed E-state index contributed by atoms with van der Waals surface area (Å²) >= 11 is 0. The van der Waals surface area contributed by atoms with Crippen LogP contribution in [0.2, 0.25) is 0 Å². The van der Waals surface area contributed by atoms with E-state index in [2.05, 4.69) is 38.2 Å². The van der Waals surface area contributed by atoms with Gasteiger partial charge < -0.3 is 18.9 Å². The third kappa shape index (κ3) is 59.7. The fourth-order valence-electron chi connectivity index (χ4n) is 9.52. The zero-order valence-corrected chi connectivity index (χ0v) is 50.8. The number of allylic oxidation sites excluding steroid dienone is 4. The van der Waals surface area contributed by atoms with Crippen LogP contribution in [0.25, 0.3) is 0 Å². The average molecular weight is 1070 g/mol. The second-order valence-corrected chi connectivity index (χ2v) is 24.6. The summed E-state index contributed by atoms with van der Waals surface area (Å²) in [5.41, 5.74) is 0. The van der Waals surface area contributed by atoms with Gasteiger partial charge in [0.1, 0.15) is 19.8 Å². The second-order valence-electron chi connectivity index (χ2n) is 23.2. The van der Waals surface area contributed by atoms with Crippen LogP contribution < -0.4 is 0 Å². The standard InChI is InChI=1S/C64H124NO8P/c1-6-8-10-12-14-16-17-18-19-20-21-22-23-24-25-26-27-28-29-30-31-32-33-34-35-36-37-38-39-40-41-42-43-44-45-46-47-49-51-53-55-57-64(67)73-62(61-72-74(68,69)71-59-58-65(3,4)5)60-70-63(66)56-54-52-50-48-15-13-11-9-7-2/h17-18,20-21,62H,6-16,19,22-61H2,1-5H3/p+1/b18-17-,21-20-. The first kappa shape index (κ1) is 72.5. The molecule has 438 valence electrons. The van der Waals surface area contributed by atoms with Crippen molar-refractivity contribution in [1.82, 2.24) is 0 Å². The van der Waals surface area contributed by atoms with Gasteiger partial charge in [0.2, 0.25) is 0 Å². The number of unbranched alkanes of at least 4 members (excludes halogenated alkanes) is 42. The smallest absolute Gasteiger partial charge is 0.462 e. The Bertz CT molecular complexity index is 1300. The van der Waals surface area contributed by atoms with Gasteiger partial charge in [0.25, 0.3) is 0 Å². The summed E-state index contributed by atoms with van der Waals surface area (Å²) in [6.07, 6.45) is 68.9. The van der Waals surface area contributed by atoms with Crippen LogP contribution in [0, 0.1) is 0 Å². The molecule has 0 aromatic rings. The molecule has 0 spiro atoms. The number of likely N-dealkylation sites (N-methyl/N-ethyl adjacent to an activating group) is 1. The van der Waals surface area contributed by atoms with Crippen molar-refractivity contribution in [1.29, 1.82) is 0 Å². The van der Waals surface area contributed by atoms with E-state index in [1.54, 1.807) is 0 Å².